The van der Waals surface area contributed by atoms with Crippen LogP contribution in [0.1, 0.15) is 12.8 Å². The van der Waals surface area contributed by atoms with E-state index in [1.165, 1.54) is 4.81 Å². The van der Waals surface area contributed by atoms with Crippen LogP contribution >= 0.6 is 22.9 Å². The quantitative estimate of drug-likeness (QED) is 0.268. The van der Waals surface area contributed by atoms with Gasteiger partial charge in [-0.3, -0.25) is 9.59 Å². The molecule has 1 rings (SSSR count). The molecule has 0 saturated carbocycles. The summed E-state index contributed by atoms with van der Waals surface area (Å²) in [6.07, 6.45) is 0.621. The minimum atomic E-state index is -0.171. The van der Waals surface area contributed by atoms with Gasteiger partial charge in [-0.05, 0) is 13.1 Å². The van der Waals surface area contributed by atoms with Gasteiger partial charge in [-0.25, -0.2) is 3.11 Å². The van der Waals surface area contributed by atoms with E-state index in [4.69, 9.17) is 7.98 Å². The molecule has 0 N–H and O–H groups in total. The molecule has 1 aliphatic rings. The lowest BCUT2D eigenvalue weighted by atomic mass is 10.2. The Labute approximate surface area is 86.2 Å². The van der Waals surface area contributed by atoms with E-state index in [1.807, 2.05) is 0 Å². The summed E-state index contributed by atoms with van der Waals surface area (Å²) in [6.45, 7) is 1.04. The molecule has 1 fully saturated rings. The van der Waals surface area contributed by atoms with Crippen molar-refractivity contribution in [1.29, 1.82) is 0 Å². The van der Waals surface area contributed by atoms with Gasteiger partial charge in [0.05, 0.1) is 22.9 Å². The first-order valence-electron chi connectivity index (χ1n) is 3.62. The Morgan fingerprint density at radius 1 is 1.17 bits per heavy atom. The Morgan fingerprint density at radius 2 is 1.58 bits per heavy atom. The number of carbonyl (C=O) groups excluding carboxylic acids is 2. The van der Waals surface area contributed by atoms with Gasteiger partial charge in [-0.15, -0.1) is 0 Å². The molecule has 0 aromatic rings. The summed E-state index contributed by atoms with van der Waals surface area (Å²) in [6, 6.07) is 0. The highest BCUT2D eigenvalue weighted by Crippen LogP contribution is 2.09. The summed E-state index contributed by atoms with van der Waals surface area (Å²) in [5.41, 5.74) is 0. The maximum atomic E-state index is 11.1. The van der Waals surface area contributed by atoms with E-state index in [0.29, 0.717) is 25.9 Å². The highest BCUT2D eigenvalue weighted by atomic mass is 127. The zero-order valence-corrected chi connectivity index (χ0v) is 8.65. The van der Waals surface area contributed by atoms with E-state index in [1.54, 1.807) is 22.9 Å². The van der Waals surface area contributed by atoms with Crippen LogP contribution in [0, 0.1) is 0 Å². The van der Waals surface area contributed by atoms with Crippen LogP contribution in [0.5, 0.6) is 0 Å². The van der Waals surface area contributed by atoms with Gasteiger partial charge < -0.3 is 4.81 Å². The molecule has 0 aromatic carbocycles. The zero-order valence-electron chi connectivity index (χ0n) is 6.49. The smallest absolute Gasteiger partial charge is 0.239 e. The normalized spacial score (nSPS) is 22.2. The fourth-order valence-electron chi connectivity index (χ4n) is 0.926. The van der Waals surface area contributed by atoms with Crippen molar-refractivity contribution < 1.29 is 9.59 Å². The molecule has 2 radical (unpaired) electrons. The highest BCUT2D eigenvalue weighted by Gasteiger charge is 2.21. The molecule has 0 atom stereocenters. The Hall–Kier alpha value is -0.105. The minimum absolute atomic E-state index is 0.171. The summed E-state index contributed by atoms with van der Waals surface area (Å²) in [5.74, 6) is -0.341. The van der Waals surface area contributed by atoms with Crippen molar-refractivity contribution in [3.8, 4) is 0 Å². The molecule has 2 amide bonds. The second-order valence-corrected chi connectivity index (χ2v) is 3.57. The lowest BCUT2D eigenvalue weighted by Crippen LogP contribution is -2.37. The lowest BCUT2D eigenvalue weighted by Gasteiger charge is -2.22. The molecule has 0 aliphatic carbocycles. The summed E-state index contributed by atoms with van der Waals surface area (Å²) >= 11 is 1.73. The molecular formula is C6H8BIN2O2. The zero-order chi connectivity index (χ0) is 9.14. The molecule has 6 heteroatoms. The third-order valence-electron chi connectivity index (χ3n) is 1.66. The van der Waals surface area contributed by atoms with Gasteiger partial charge in [0.25, 0.3) is 0 Å². The number of nitrogens with zero attached hydrogens (tertiary/aromatic N) is 2. The minimum Gasteiger partial charge on any atom is -0.353 e. The van der Waals surface area contributed by atoms with Gasteiger partial charge in [-0.2, -0.15) is 0 Å². The second-order valence-electron chi connectivity index (χ2n) is 2.60. The monoisotopic (exact) mass is 278 g/mol. The SMILES string of the molecule is [B]N1CCC(=O)N(I)C(=O)CC1. The summed E-state index contributed by atoms with van der Waals surface area (Å²) in [7, 11) is 5.48. The average molecular weight is 278 g/mol. The Kier molecular flexibility index (Phi) is 3.51. The van der Waals surface area contributed by atoms with Crippen LogP contribution in [-0.4, -0.2) is 40.8 Å². The number of halogens is 1. The molecule has 0 bridgehead atoms. The van der Waals surface area contributed by atoms with E-state index >= 15 is 0 Å². The molecule has 4 nitrogen and oxygen atoms in total. The first kappa shape index (κ1) is 9.98. The summed E-state index contributed by atoms with van der Waals surface area (Å²) < 4.78 is 1.14. The molecule has 64 valence electrons. The maximum absolute atomic E-state index is 11.1. The highest BCUT2D eigenvalue weighted by molar-refractivity contribution is 14.1. The number of imide groups is 1. The lowest BCUT2D eigenvalue weighted by molar-refractivity contribution is -0.137. The predicted molar refractivity (Wildman–Crippen MR) is 52.4 cm³/mol. The van der Waals surface area contributed by atoms with Crippen LogP contribution in [0.15, 0.2) is 0 Å². The van der Waals surface area contributed by atoms with Gasteiger partial charge in [-0.1, -0.05) is 0 Å². The van der Waals surface area contributed by atoms with Crippen LogP contribution in [0.2, 0.25) is 0 Å². The first-order chi connectivity index (χ1) is 5.61. The van der Waals surface area contributed by atoms with E-state index < -0.39 is 0 Å². The fourth-order valence-corrected chi connectivity index (χ4v) is 1.41. The number of rotatable bonds is 0. The number of carbonyl (C=O) groups is 2. The van der Waals surface area contributed by atoms with Crippen molar-refractivity contribution in [2.24, 2.45) is 0 Å². The Morgan fingerprint density at radius 3 is 2.00 bits per heavy atom. The molecular weight excluding hydrogens is 270 g/mol. The summed E-state index contributed by atoms with van der Waals surface area (Å²) in [5, 5.41) is 0. The maximum Gasteiger partial charge on any atom is 0.239 e. The van der Waals surface area contributed by atoms with Gasteiger partial charge >= 0.3 is 0 Å². The average Bonchev–Trinajstić information content (AvgIpc) is 2.07. The molecule has 0 aromatic heterocycles. The number of hydrogen-bond acceptors (Lipinski definition) is 3. The fraction of sp³-hybridized carbons (Fsp3) is 0.667. The Balaban J connectivity index is 2.60. The van der Waals surface area contributed by atoms with Gasteiger partial charge in [0.15, 0.2) is 7.98 Å². The largest absolute Gasteiger partial charge is 0.353 e. The van der Waals surface area contributed by atoms with Crippen LogP contribution in [0.4, 0.5) is 0 Å². The van der Waals surface area contributed by atoms with Crippen LogP contribution in [-0.2, 0) is 9.59 Å². The molecule has 0 spiro atoms. The van der Waals surface area contributed by atoms with Gasteiger partial charge in [0.1, 0.15) is 0 Å². The summed E-state index contributed by atoms with van der Waals surface area (Å²) in [4.78, 5) is 23.8. The van der Waals surface area contributed by atoms with Crippen molar-refractivity contribution in [2.75, 3.05) is 13.1 Å². The van der Waals surface area contributed by atoms with E-state index in [-0.39, 0.29) is 11.8 Å². The molecule has 1 saturated heterocycles. The topological polar surface area (TPSA) is 40.6 Å². The molecule has 12 heavy (non-hydrogen) atoms. The predicted octanol–water partition coefficient (Wildman–Crippen LogP) is -0.129. The number of amides is 2. The van der Waals surface area contributed by atoms with Crippen LogP contribution in [0.3, 0.4) is 0 Å². The van der Waals surface area contributed by atoms with E-state index in [9.17, 15) is 9.59 Å². The second kappa shape index (κ2) is 4.22. The third kappa shape index (κ3) is 2.44. The van der Waals surface area contributed by atoms with E-state index in [0.717, 1.165) is 3.11 Å². The van der Waals surface area contributed by atoms with Crippen molar-refractivity contribution in [2.45, 2.75) is 12.8 Å². The Bertz CT molecular complexity index is 192. The molecule has 0 unspecified atom stereocenters. The van der Waals surface area contributed by atoms with E-state index in [2.05, 4.69) is 0 Å². The third-order valence-corrected chi connectivity index (χ3v) is 2.74. The standard InChI is InChI=1S/C6H8BIN2O2/c7-9-3-1-5(11)10(8)6(12)2-4-9/h1-4H2. The van der Waals surface area contributed by atoms with Crippen molar-refractivity contribution in [1.82, 2.24) is 7.92 Å². The van der Waals surface area contributed by atoms with Crippen LogP contribution in [0.25, 0.3) is 0 Å². The molecule has 1 aliphatic heterocycles. The first-order valence-corrected chi connectivity index (χ1v) is 4.59. The molecule has 1 heterocycles. The van der Waals surface area contributed by atoms with Gasteiger partial charge in [0, 0.05) is 12.8 Å². The van der Waals surface area contributed by atoms with Crippen molar-refractivity contribution >= 4 is 42.7 Å². The number of hydrogen-bond donors (Lipinski definition) is 0. The van der Waals surface area contributed by atoms with Gasteiger partial charge in [0.2, 0.25) is 11.8 Å². The van der Waals surface area contributed by atoms with Crippen molar-refractivity contribution in [3.63, 3.8) is 0 Å². The van der Waals surface area contributed by atoms with Crippen LogP contribution < -0.4 is 0 Å². The van der Waals surface area contributed by atoms with Crippen molar-refractivity contribution in [3.05, 3.63) is 0 Å².